The molecule has 22 heavy (non-hydrogen) atoms. The van der Waals surface area contributed by atoms with E-state index in [1.165, 1.54) is 0 Å². The molecular formula is C14H19N5O3. The van der Waals surface area contributed by atoms with Crippen LogP contribution in [-0.2, 0) is 11.3 Å². The van der Waals surface area contributed by atoms with Crippen LogP contribution < -0.4 is 10.6 Å². The summed E-state index contributed by atoms with van der Waals surface area (Å²) in [5.41, 5.74) is 0. The van der Waals surface area contributed by atoms with Crippen molar-refractivity contribution in [3.8, 4) is 0 Å². The molecule has 0 radical (unpaired) electrons. The Morgan fingerprint density at radius 2 is 2.23 bits per heavy atom. The monoisotopic (exact) mass is 305 g/mol. The Hall–Kier alpha value is -1.90. The molecule has 0 aliphatic carbocycles. The number of furan rings is 1. The average Bonchev–Trinajstić information content (AvgIpc) is 3.12. The molecule has 0 bridgehead atoms. The number of carbonyl (C=O) groups excluding carboxylic acids is 2. The summed E-state index contributed by atoms with van der Waals surface area (Å²) in [7, 11) is 1.71. The van der Waals surface area contributed by atoms with Crippen molar-refractivity contribution >= 4 is 11.9 Å². The van der Waals surface area contributed by atoms with Crippen molar-refractivity contribution < 1.29 is 14.0 Å². The largest absolute Gasteiger partial charge is 0.468 e. The number of nitrogens with zero attached hydrogens (tertiary/aromatic N) is 3. The van der Waals surface area contributed by atoms with Crippen molar-refractivity contribution in [1.29, 1.82) is 0 Å². The van der Waals surface area contributed by atoms with E-state index in [0.29, 0.717) is 6.54 Å². The lowest BCUT2D eigenvalue weighted by Gasteiger charge is -2.40. The molecule has 0 saturated carbocycles. The molecule has 8 heteroatoms. The number of imide groups is 1. The minimum atomic E-state index is -0.351. The van der Waals surface area contributed by atoms with E-state index in [1.807, 2.05) is 12.1 Å². The summed E-state index contributed by atoms with van der Waals surface area (Å²) in [5, 5.41) is 5.85. The summed E-state index contributed by atoms with van der Waals surface area (Å²) < 4.78 is 5.43. The Labute approximate surface area is 128 Å². The summed E-state index contributed by atoms with van der Waals surface area (Å²) >= 11 is 0. The molecule has 3 aliphatic rings. The molecule has 4 heterocycles. The van der Waals surface area contributed by atoms with Gasteiger partial charge in [-0.15, -0.1) is 0 Å². The van der Waals surface area contributed by atoms with E-state index >= 15 is 0 Å². The lowest BCUT2D eigenvalue weighted by Crippen LogP contribution is -2.65. The number of fused-ring (bicyclic) bond motifs is 3. The maximum Gasteiger partial charge on any atom is 0.325 e. The van der Waals surface area contributed by atoms with E-state index in [2.05, 4.69) is 20.4 Å². The number of amides is 3. The zero-order valence-electron chi connectivity index (χ0n) is 12.4. The fraction of sp³-hybridized carbons (Fsp3) is 0.571. The van der Waals surface area contributed by atoms with Crippen LogP contribution in [0, 0.1) is 0 Å². The van der Waals surface area contributed by atoms with Crippen molar-refractivity contribution in [3.05, 3.63) is 24.2 Å². The Morgan fingerprint density at radius 1 is 1.36 bits per heavy atom. The van der Waals surface area contributed by atoms with Crippen LogP contribution >= 0.6 is 0 Å². The highest BCUT2D eigenvalue weighted by molar-refractivity contribution is 6.00. The molecule has 8 nitrogen and oxygen atoms in total. The summed E-state index contributed by atoms with van der Waals surface area (Å²) in [4.78, 5) is 30.0. The number of likely N-dealkylation sites (N-methyl/N-ethyl adjacent to an activating group) is 1. The van der Waals surface area contributed by atoms with Gasteiger partial charge in [0.2, 0.25) is 5.91 Å². The molecule has 1 aromatic heterocycles. The zero-order chi connectivity index (χ0) is 15.3. The van der Waals surface area contributed by atoms with Gasteiger partial charge in [-0.05, 0) is 18.6 Å². The Bertz CT molecular complexity index is 589. The van der Waals surface area contributed by atoms with E-state index in [1.54, 1.807) is 18.2 Å². The molecule has 0 aromatic carbocycles. The molecule has 3 unspecified atom stereocenters. The van der Waals surface area contributed by atoms with Gasteiger partial charge in [0.15, 0.2) is 0 Å². The van der Waals surface area contributed by atoms with Crippen LogP contribution in [0.2, 0.25) is 0 Å². The van der Waals surface area contributed by atoms with Gasteiger partial charge in [-0.3, -0.25) is 25.2 Å². The van der Waals surface area contributed by atoms with Crippen molar-refractivity contribution in [2.45, 2.75) is 31.5 Å². The quantitative estimate of drug-likeness (QED) is 0.770. The molecule has 3 fully saturated rings. The molecule has 3 atom stereocenters. The predicted octanol–water partition coefficient (Wildman–Crippen LogP) is -0.450. The molecule has 4 rings (SSSR count). The van der Waals surface area contributed by atoms with Crippen LogP contribution in [0.3, 0.4) is 0 Å². The van der Waals surface area contributed by atoms with Gasteiger partial charge in [-0.2, -0.15) is 0 Å². The smallest absolute Gasteiger partial charge is 0.325 e. The highest BCUT2D eigenvalue weighted by atomic mass is 16.3. The van der Waals surface area contributed by atoms with Crippen LogP contribution in [0.1, 0.15) is 12.2 Å². The van der Waals surface area contributed by atoms with Crippen LogP contribution in [0.5, 0.6) is 0 Å². The second kappa shape index (κ2) is 5.08. The third-order valence-electron chi connectivity index (χ3n) is 4.67. The molecule has 2 N–H and O–H groups in total. The Morgan fingerprint density at radius 3 is 3.00 bits per heavy atom. The molecule has 3 amide bonds. The van der Waals surface area contributed by atoms with Crippen molar-refractivity contribution in [1.82, 2.24) is 25.3 Å². The van der Waals surface area contributed by atoms with Crippen LogP contribution in [0.4, 0.5) is 4.79 Å². The second-order valence-corrected chi connectivity index (χ2v) is 5.98. The first-order valence-electron chi connectivity index (χ1n) is 7.51. The van der Waals surface area contributed by atoms with E-state index < -0.39 is 0 Å². The summed E-state index contributed by atoms with van der Waals surface area (Å²) in [6.45, 7) is 2.44. The van der Waals surface area contributed by atoms with Gasteiger partial charge in [0.25, 0.3) is 0 Å². The first kappa shape index (κ1) is 13.7. The second-order valence-electron chi connectivity index (χ2n) is 5.98. The maximum atomic E-state index is 12.2. The number of hydrogen-bond donors (Lipinski definition) is 2. The van der Waals surface area contributed by atoms with E-state index in [9.17, 15) is 9.59 Å². The van der Waals surface area contributed by atoms with E-state index in [-0.39, 0.29) is 30.4 Å². The van der Waals surface area contributed by atoms with Crippen LogP contribution in [0.25, 0.3) is 0 Å². The molecular weight excluding hydrogens is 286 g/mol. The number of rotatable bonds is 2. The number of urea groups is 1. The number of nitrogens with one attached hydrogen (secondary N) is 2. The summed E-state index contributed by atoms with van der Waals surface area (Å²) in [5.74, 6) is 0.676. The minimum absolute atomic E-state index is 0.0621. The highest BCUT2D eigenvalue weighted by Gasteiger charge is 2.53. The summed E-state index contributed by atoms with van der Waals surface area (Å²) in [6.07, 6.45) is 2.29. The predicted molar refractivity (Wildman–Crippen MR) is 76.2 cm³/mol. The average molecular weight is 305 g/mol. The summed E-state index contributed by atoms with van der Waals surface area (Å²) in [6, 6.07) is 3.13. The SMILES string of the molecule is CN1C(=O)NC(=O)C2C1NC1N(Cc3ccco3)CCCN21. The maximum absolute atomic E-state index is 12.2. The van der Waals surface area contributed by atoms with Gasteiger partial charge in [0.05, 0.1) is 12.8 Å². The van der Waals surface area contributed by atoms with Gasteiger partial charge in [0, 0.05) is 20.1 Å². The normalized spacial score (nSPS) is 32.8. The molecule has 3 saturated heterocycles. The van der Waals surface area contributed by atoms with Gasteiger partial charge in [-0.25, -0.2) is 4.79 Å². The molecule has 0 spiro atoms. The highest BCUT2D eigenvalue weighted by Crippen LogP contribution is 2.28. The van der Waals surface area contributed by atoms with Crippen molar-refractivity contribution in [3.63, 3.8) is 0 Å². The topological polar surface area (TPSA) is 81.1 Å². The third kappa shape index (κ3) is 2.03. The fourth-order valence-corrected chi connectivity index (χ4v) is 3.61. The number of carbonyl (C=O) groups is 2. The molecule has 1 aromatic rings. The van der Waals surface area contributed by atoms with Gasteiger partial charge in [0.1, 0.15) is 24.3 Å². The van der Waals surface area contributed by atoms with Crippen LogP contribution in [0.15, 0.2) is 22.8 Å². The van der Waals surface area contributed by atoms with Gasteiger partial charge < -0.3 is 9.32 Å². The lowest BCUT2D eigenvalue weighted by molar-refractivity contribution is -0.129. The van der Waals surface area contributed by atoms with Gasteiger partial charge in [-0.1, -0.05) is 0 Å². The van der Waals surface area contributed by atoms with Crippen LogP contribution in [-0.4, -0.2) is 65.3 Å². The molecule has 3 aliphatic heterocycles. The van der Waals surface area contributed by atoms with Gasteiger partial charge >= 0.3 is 6.03 Å². The van der Waals surface area contributed by atoms with E-state index in [4.69, 9.17) is 4.42 Å². The number of hydrogen-bond acceptors (Lipinski definition) is 6. The first-order valence-corrected chi connectivity index (χ1v) is 7.51. The lowest BCUT2D eigenvalue weighted by atomic mass is 10.1. The fourth-order valence-electron chi connectivity index (χ4n) is 3.61. The Balaban J connectivity index is 1.58. The first-order chi connectivity index (χ1) is 10.6. The Kier molecular flexibility index (Phi) is 3.17. The minimum Gasteiger partial charge on any atom is -0.468 e. The van der Waals surface area contributed by atoms with E-state index in [0.717, 1.165) is 25.3 Å². The van der Waals surface area contributed by atoms with Crippen molar-refractivity contribution in [2.75, 3.05) is 20.1 Å². The standard InChI is InChI=1S/C14H19N5O3/c1-17-11-10(12(20)16-14(17)21)19-6-3-5-18(13(19)15-11)8-9-4-2-7-22-9/h2,4,7,10-11,13,15H,3,5-6,8H2,1H3,(H,16,20,21). The van der Waals surface area contributed by atoms with Crippen molar-refractivity contribution in [2.24, 2.45) is 0 Å². The molecule has 118 valence electrons. The third-order valence-corrected chi connectivity index (χ3v) is 4.67. The zero-order valence-corrected chi connectivity index (χ0v) is 12.4.